The van der Waals surface area contributed by atoms with Gasteiger partial charge in [0, 0.05) is 18.2 Å². The molecule has 0 amide bonds. The van der Waals surface area contributed by atoms with Crippen molar-refractivity contribution in [1.29, 1.82) is 0 Å². The van der Waals surface area contributed by atoms with Crippen LogP contribution in [0.3, 0.4) is 0 Å². The van der Waals surface area contributed by atoms with Crippen LogP contribution in [-0.2, 0) is 19.6 Å². The smallest absolute Gasteiger partial charge is 0.326 e. The maximum atomic E-state index is 12.5. The van der Waals surface area contributed by atoms with Crippen LogP contribution in [0.4, 0.5) is 0 Å². The fourth-order valence-corrected chi connectivity index (χ4v) is 4.40. The Hall–Kier alpha value is -1.84. The zero-order valence-corrected chi connectivity index (χ0v) is 14.5. The van der Waals surface area contributed by atoms with Crippen LogP contribution in [0.15, 0.2) is 18.2 Å². The van der Waals surface area contributed by atoms with Crippen molar-refractivity contribution in [3.05, 3.63) is 23.8 Å². The summed E-state index contributed by atoms with van der Waals surface area (Å²) in [6.07, 6.45) is -0.169. The number of carbonyl (C=O) groups is 1. The zero-order chi connectivity index (χ0) is 17.9. The topological polar surface area (TPSA) is 111 Å². The molecule has 0 spiro atoms. The predicted molar refractivity (Wildman–Crippen MR) is 85.8 cm³/mol. The first kappa shape index (κ1) is 18.5. The lowest BCUT2D eigenvalue weighted by molar-refractivity contribution is -0.139. The lowest BCUT2D eigenvalue weighted by Gasteiger charge is -2.21. The highest BCUT2D eigenvalue weighted by atomic mass is 32.2. The molecule has 134 valence electrons. The lowest BCUT2D eigenvalue weighted by atomic mass is 10.1. The second-order valence-electron chi connectivity index (χ2n) is 5.45. The van der Waals surface area contributed by atoms with Crippen LogP contribution in [0.2, 0.25) is 0 Å². The molecule has 2 rings (SSSR count). The normalized spacial score (nSPS) is 22.1. The van der Waals surface area contributed by atoms with Gasteiger partial charge in [-0.3, -0.25) is 4.79 Å². The quantitative estimate of drug-likeness (QED) is 0.745. The number of nitrogens with one attached hydrogen (secondary N) is 1. The number of carboxylic acid groups (broad SMARTS) is 1. The Kier molecular flexibility index (Phi) is 5.68. The van der Waals surface area contributed by atoms with Crippen LogP contribution in [-0.4, -0.2) is 51.7 Å². The number of ether oxygens (including phenoxy) is 3. The largest absolute Gasteiger partial charge is 0.497 e. The second-order valence-corrected chi connectivity index (χ2v) is 7.38. The van der Waals surface area contributed by atoms with Crippen LogP contribution in [0.25, 0.3) is 0 Å². The third-order valence-corrected chi connectivity index (χ3v) is 5.97. The van der Waals surface area contributed by atoms with E-state index in [1.165, 1.54) is 26.4 Å². The Morgan fingerprint density at radius 2 is 2.08 bits per heavy atom. The van der Waals surface area contributed by atoms with Crippen LogP contribution in [0.5, 0.6) is 11.5 Å². The van der Waals surface area contributed by atoms with Crippen molar-refractivity contribution >= 4 is 16.0 Å². The molecule has 1 fully saturated rings. The molecular weight excluding hydrogens is 338 g/mol. The molecular formula is C15H21NO7S. The Bertz CT molecular complexity index is 704. The average molecular weight is 359 g/mol. The minimum atomic E-state index is -3.88. The van der Waals surface area contributed by atoms with Crippen LogP contribution in [0.1, 0.15) is 24.9 Å². The standard InChI is InChI=1S/C15H21NO7S/c1-9-13(6-7-23-9)24(19,20)16-14(15(17)18)11-5-4-10(21-2)8-12(11)22-3/h4-5,8-9,13-14,16H,6-7H2,1-3H3,(H,17,18). The van der Waals surface area contributed by atoms with Gasteiger partial charge < -0.3 is 19.3 Å². The van der Waals surface area contributed by atoms with E-state index in [-0.39, 0.29) is 11.3 Å². The number of sulfonamides is 1. The number of hydrogen-bond acceptors (Lipinski definition) is 6. The Morgan fingerprint density at radius 1 is 1.38 bits per heavy atom. The van der Waals surface area contributed by atoms with Gasteiger partial charge in [-0.25, -0.2) is 8.42 Å². The van der Waals surface area contributed by atoms with Crippen LogP contribution in [0, 0.1) is 0 Å². The fourth-order valence-electron chi connectivity index (χ4n) is 2.68. The molecule has 1 heterocycles. The molecule has 0 saturated carbocycles. The number of benzene rings is 1. The molecule has 3 unspecified atom stereocenters. The molecule has 1 aromatic carbocycles. The lowest BCUT2D eigenvalue weighted by Crippen LogP contribution is -2.42. The molecule has 24 heavy (non-hydrogen) atoms. The molecule has 3 atom stereocenters. The zero-order valence-electron chi connectivity index (χ0n) is 13.7. The van der Waals surface area contributed by atoms with Crippen molar-refractivity contribution < 1.29 is 32.5 Å². The molecule has 0 aromatic heterocycles. The Morgan fingerprint density at radius 3 is 2.58 bits per heavy atom. The first-order valence-electron chi connectivity index (χ1n) is 7.37. The first-order valence-corrected chi connectivity index (χ1v) is 8.92. The summed E-state index contributed by atoms with van der Waals surface area (Å²) in [5, 5.41) is 8.71. The van der Waals surface area contributed by atoms with E-state index in [4.69, 9.17) is 14.2 Å². The maximum absolute atomic E-state index is 12.5. The molecule has 2 N–H and O–H groups in total. The van der Waals surface area contributed by atoms with Gasteiger partial charge in [0.25, 0.3) is 0 Å². The third kappa shape index (κ3) is 3.80. The summed E-state index contributed by atoms with van der Waals surface area (Å²) < 4.78 is 42.8. The number of aliphatic carboxylic acids is 1. The molecule has 0 bridgehead atoms. The van der Waals surface area contributed by atoms with Gasteiger partial charge in [0.15, 0.2) is 0 Å². The maximum Gasteiger partial charge on any atom is 0.326 e. The fraction of sp³-hybridized carbons (Fsp3) is 0.533. The second kappa shape index (κ2) is 7.37. The summed E-state index contributed by atoms with van der Waals surface area (Å²) in [4.78, 5) is 11.7. The van der Waals surface area contributed by atoms with Gasteiger partial charge in [0.05, 0.1) is 20.3 Å². The van der Waals surface area contributed by atoms with Gasteiger partial charge in [-0.1, -0.05) is 0 Å². The highest BCUT2D eigenvalue weighted by Crippen LogP contribution is 2.31. The summed E-state index contributed by atoms with van der Waals surface area (Å²) in [5.41, 5.74) is 0.195. The molecule has 0 radical (unpaired) electrons. The number of hydrogen-bond donors (Lipinski definition) is 2. The third-order valence-electron chi connectivity index (χ3n) is 3.99. The predicted octanol–water partition coefficient (Wildman–Crippen LogP) is 0.926. The number of methoxy groups -OCH3 is 2. The van der Waals surface area contributed by atoms with E-state index < -0.39 is 33.4 Å². The van der Waals surface area contributed by atoms with E-state index in [9.17, 15) is 18.3 Å². The summed E-state index contributed by atoms with van der Waals surface area (Å²) in [6.45, 7) is 1.98. The molecule has 1 aliphatic rings. The summed E-state index contributed by atoms with van der Waals surface area (Å²) in [7, 11) is -1.05. The molecule has 1 aromatic rings. The van der Waals surface area contributed by atoms with Gasteiger partial charge in [0.2, 0.25) is 10.0 Å². The van der Waals surface area contributed by atoms with E-state index >= 15 is 0 Å². The summed E-state index contributed by atoms with van der Waals surface area (Å²) in [6, 6.07) is 3.04. The molecule has 1 saturated heterocycles. The Balaban J connectivity index is 2.35. The van der Waals surface area contributed by atoms with Gasteiger partial charge in [-0.15, -0.1) is 0 Å². The molecule has 1 aliphatic heterocycles. The highest BCUT2D eigenvalue weighted by molar-refractivity contribution is 7.90. The SMILES string of the molecule is COc1ccc(C(NS(=O)(=O)C2CCOC2C)C(=O)O)c(OC)c1. The first-order chi connectivity index (χ1) is 11.3. The van der Waals surface area contributed by atoms with Crippen molar-refractivity contribution in [2.45, 2.75) is 30.7 Å². The number of rotatable bonds is 7. The van der Waals surface area contributed by atoms with E-state index in [1.807, 2.05) is 0 Å². The highest BCUT2D eigenvalue weighted by Gasteiger charge is 2.39. The van der Waals surface area contributed by atoms with E-state index in [0.717, 1.165) is 0 Å². The molecule has 0 aliphatic carbocycles. The minimum Gasteiger partial charge on any atom is -0.497 e. The van der Waals surface area contributed by atoms with E-state index in [2.05, 4.69) is 4.72 Å². The van der Waals surface area contributed by atoms with Crippen molar-refractivity contribution in [3.63, 3.8) is 0 Å². The van der Waals surface area contributed by atoms with Crippen LogP contribution < -0.4 is 14.2 Å². The molecule has 9 heteroatoms. The van der Waals surface area contributed by atoms with Gasteiger partial charge in [0.1, 0.15) is 22.8 Å². The van der Waals surface area contributed by atoms with Crippen molar-refractivity contribution in [1.82, 2.24) is 4.72 Å². The van der Waals surface area contributed by atoms with Gasteiger partial charge in [-0.05, 0) is 25.5 Å². The van der Waals surface area contributed by atoms with Gasteiger partial charge >= 0.3 is 5.97 Å². The van der Waals surface area contributed by atoms with Crippen molar-refractivity contribution in [2.75, 3.05) is 20.8 Å². The Labute approximate surface area is 140 Å². The molecule has 8 nitrogen and oxygen atoms in total. The summed E-state index contributed by atoms with van der Waals surface area (Å²) in [5.74, 6) is -0.630. The van der Waals surface area contributed by atoms with E-state index in [1.54, 1.807) is 13.0 Å². The van der Waals surface area contributed by atoms with Crippen molar-refractivity contribution in [2.24, 2.45) is 0 Å². The monoisotopic (exact) mass is 359 g/mol. The van der Waals surface area contributed by atoms with Gasteiger partial charge in [-0.2, -0.15) is 4.72 Å². The summed E-state index contributed by atoms with van der Waals surface area (Å²) >= 11 is 0. The number of carboxylic acids is 1. The van der Waals surface area contributed by atoms with E-state index in [0.29, 0.717) is 18.8 Å². The average Bonchev–Trinajstić information content (AvgIpc) is 2.99. The van der Waals surface area contributed by atoms with Crippen molar-refractivity contribution in [3.8, 4) is 11.5 Å². The minimum absolute atomic E-state index is 0.195. The van der Waals surface area contributed by atoms with Crippen LogP contribution >= 0.6 is 0 Å².